The third-order valence-corrected chi connectivity index (χ3v) is 5.00. The molecule has 1 heterocycles. The lowest BCUT2D eigenvalue weighted by molar-refractivity contribution is 0.590. The van der Waals surface area contributed by atoms with Gasteiger partial charge in [-0.1, -0.05) is 90.1 Å². The topological polar surface area (TPSA) is 40.7 Å². The summed E-state index contributed by atoms with van der Waals surface area (Å²) in [4.78, 5) is 8.20. The first-order valence-corrected chi connectivity index (χ1v) is 9.59. The fraction of sp³-hybridized carbons (Fsp3) is 0.375. The van der Waals surface area contributed by atoms with Gasteiger partial charge >= 0.3 is 0 Å². The van der Waals surface area contributed by atoms with Crippen molar-refractivity contribution < 1.29 is 0 Å². The molecule has 3 heteroatoms. The van der Waals surface area contributed by atoms with Crippen molar-refractivity contribution in [1.82, 2.24) is 9.97 Å². The minimum Gasteiger partial charge on any atom is -0.359 e. The van der Waals surface area contributed by atoms with Crippen LogP contribution in [-0.2, 0) is 10.8 Å². The first-order chi connectivity index (χ1) is 12.6. The average Bonchev–Trinajstić information content (AvgIpc) is 3.05. The van der Waals surface area contributed by atoms with Gasteiger partial charge < -0.3 is 10.3 Å². The van der Waals surface area contributed by atoms with Crippen LogP contribution in [0.1, 0.15) is 52.7 Å². The Morgan fingerprint density at radius 1 is 0.704 bits per heavy atom. The maximum Gasteiger partial charge on any atom is 0.200 e. The summed E-state index contributed by atoms with van der Waals surface area (Å²) in [5.41, 5.74) is 7.23. The van der Waals surface area contributed by atoms with Crippen molar-refractivity contribution in [2.45, 2.75) is 52.4 Å². The lowest BCUT2D eigenvalue weighted by atomic mass is 9.86. The second-order valence-corrected chi connectivity index (χ2v) is 9.21. The number of hydrogen-bond donors (Lipinski definition) is 2. The summed E-state index contributed by atoms with van der Waals surface area (Å²) in [7, 11) is 1.89. The van der Waals surface area contributed by atoms with Gasteiger partial charge in [0.15, 0.2) is 0 Å². The molecule has 3 rings (SSSR count). The normalized spacial score (nSPS) is 12.3. The maximum absolute atomic E-state index is 4.77. The number of anilines is 1. The van der Waals surface area contributed by atoms with E-state index < -0.39 is 0 Å². The monoisotopic (exact) mass is 361 g/mol. The summed E-state index contributed by atoms with van der Waals surface area (Å²) in [6, 6.07) is 17.5. The second kappa shape index (κ2) is 6.88. The lowest BCUT2D eigenvalue weighted by Gasteiger charge is -2.19. The number of aromatic amines is 1. The molecule has 142 valence electrons. The zero-order valence-electron chi connectivity index (χ0n) is 17.6. The molecule has 1 aromatic heterocycles. The smallest absolute Gasteiger partial charge is 0.200 e. The third kappa shape index (κ3) is 4.08. The van der Waals surface area contributed by atoms with Gasteiger partial charge in [-0.3, -0.25) is 0 Å². The average molecular weight is 362 g/mol. The van der Waals surface area contributed by atoms with E-state index >= 15 is 0 Å². The van der Waals surface area contributed by atoms with E-state index in [1.165, 1.54) is 11.1 Å². The molecule has 0 unspecified atom stereocenters. The van der Waals surface area contributed by atoms with Gasteiger partial charge in [0.1, 0.15) is 0 Å². The Bertz CT molecular complexity index is 827. The molecule has 0 aliphatic carbocycles. The standard InChI is InChI=1S/C24H31N3/c1-23(2,3)18-12-8-16(9-13-18)20-21(27-22(25-7)26-20)17-10-14-19(15-11-17)24(4,5)6/h8-15H,1-7H3,(H2,25,26,27). The predicted octanol–water partition coefficient (Wildman–Crippen LogP) is 6.38. The Labute approximate surface area is 163 Å². The number of rotatable bonds is 3. The molecule has 0 spiro atoms. The Hall–Kier alpha value is -2.55. The van der Waals surface area contributed by atoms with Crippen LogP contribution in [0.15, 0.2) is 48.5 Å². The highest BCUT2D eigenvalue weighted by Gasteiger charge is 2.18. The molecular formula is C24H31N3. The molecule has 0 atom stereocenters. The minimum absolute atomic E-state index is 0.145. The zero-order valence-corrected chi connectivity index (χ0v) is 17.6. The van der Waals surface area contributed by atoms with Crippen LogP contribution in [0.4, 0.5) is 5.95 Å². The number of H-pyrrole nitrogens is 1. The third-order valence-electron chi connectivity index (χ3n) is 5.00. The van der Waals surface area contributed by atoms with E-state index in [2.05, 4.69) is 100 Å². The summed E-state index contributed by atoms with van der Waals surface area (Å²) in [5.74, 6) is 0.778. The number of imidazole rings is 1. The molecule has 0 radical (unpaired) electrons. The molecule has 3 aromatic rings. The van der Waals surface area contributed by atoms with Gasteiger partial charge in [-0.15, -0.1) is 0 Å². The van der Waals surface area contributed by atoms with Crippen LogP contribution in [0.3, 0.4) is 0 Å². The van der Waals surface area contributed by atoms with E-state index in [0.29, 0.717) is 0 Å². The molecular weight excluding hydrogens is 330 g/mol. The minimum atomic E-state index is 0.145. The van der Waals surface area contributed by atoms with Crippen molar-refractivity contribution in [1.29, 1.82) is 0 Å². The van der Waals surface area contributed by atoms with Crippen LogP contribution in [-0.4, -0.2) is 17.0 Å². The van der Waals surface area contributed by atoms with Gasteiger partial charge in [0.25, 0.3) is 0 Å². The zero-order chi connectivity index (χ0) is 19.8. The van der Waals surface area contributed by atoms with Crippen molar-refractivity contribution in [3.63, 3.8) is 0 Å². The highest BCUT2D eigenvalue weighted by atomic mass is 15.1. The molecule has 2 aromatic carbocycles. The largest absolute Gasteiger partial charge is 0.359 e. The number of nitrogens with one attached hydrogen (secondary N) is 2. The Morgan fingerprint density at radius 2 is 1.15 bits per heavy atom. The van der Waals surface area contributed by atoms with Crippen molar-refractivity contribution in [3.05, 3.63) is 59.7 Å². The molecule has 0 aliphatic heterocycles. The van der Waals surface area contributed by atoms with Crippen LogP contribution >= 0.6 is 0 Å². The second-order valence-electron chi connectivity index (χ2n) is 9.21. The van der Waals surface area contributed by atoms with Gasteiger partial charge in [0, 0.05) is 18.2 Å². The molecule has 0 amide bonds. The molecule has 0 saturated heterocycles. The van der Waals surface area contributed by atoms with E-state index in [-0.39, 0.29) is 10.8 Å². The quantitative estimate of drug-likeness (QED) is 0.568. The Kier molecular flexibility index (Phi) is 4.90. The molecule has 27 heavy (non-hydrogen) atoms. The molecule has 0 bridgehead atoms. The molecule has 3 nitrogen and oxygen atoms in total. The Balaban J connectivity index is 2.04. The maximum atomic E-state index is 4.77. The first-order valence-electron chi connectivity index (χ1n) is 9.59. The summed E-state index contributed by atoms with van der Waals surface area (Å²) >= 11 is 0. The van der Waals surface area contributed by atoms with Crippen molar-refractivity contribution in [2.24, 2.45) is 0 Å². The highest BCUT2D eigenvalue weighted by molar-refractivity contribution is 5.80. The van der Waals surface area contributed by atoms with Gasteiger partial charge in [0.2, 0.25) is 5.95 Å². The lowest BCUT2D eigenvalue weighted by Crippen LogP contribution is -2.10. The summed E-state index contributed by atoms with van der Waals surface area (Å²) in [6.07, 6.45) is 0. The van der Waals surface area contributed by atoms with Crippen LogP contribution in [0.2, 0.25) is 0 Å². The predicted molar refractivity (Wildman–Crippen MR) is 116 cm³/mol. The van der Waals surface area contributed by atoms with E-state index in [1.54, 1.807) is 0 Å². The van der Waals surface area contributed by atoms with E-state index in [4.69, 9.17) is 4.98 Å². The first kappa shape index (κ1) is 19.2. The Morgan fingerprint density at radius 3 is 1.56 bits per heavy atom. The van der Waals surface area contributed by atoms with Gasteiger partial charge in [-0.25, -0.2) is 4.98 Å². The summed E-state index contributed by atoms with van der Waals surface area (Å²) in [6.45, 7) is 13.4. The van der Waals surface area contributed by atoms with Crippen molar-refractivity contribution in [3.8, 4) is 22.5 Å². The highest BCUT2D eigenvalue weighted by Crippen LogP contribution is 2.34. The molecule has 0 aliphatic rings. The van der Waals surface area contributed by atoms with E-state index in [1.807, 2.05) is 7.05 Å². The summed E-state index contributed by atoms with van der Waals surface area (Å²) < 4.78 is 0. The van der Waals surface area contributed by atoms with Crippen LogP contribution in [0, 0.1) is 0 Å². The van der Waals surface area contributed by atoms with Crippen LogP contribution in [0.5, 0.6) is 0 Å². The van der Waals surface area contributed by atoms with Gasteiger partial charge in [-0.2, -0.15) is 0 Å². The van der Waals surface area contributed by atoms with Crippen LogP contribution in [0.25, 0.3) is 22.5 Å². The number of benzene rings is 2. The SMILES string of the molecule is CNc1nc(-c2ccc(C(C)(C)C)cc2)c(-c2ccc(C(C)(C)C)cc2)[nH]1. The fourth-order valence-corrected chi connectivity index (χ4v) is 3.17. The number of hydrogen-bond acceptors (Lipinski definition) is 2. The van der Waals surface area contributed by atoms with Crippen molar-refractivity contribution in [2.75, 3.05) is 12.4 Å². The van der Waals surface area contributed by atoms with Gasteiger partial charge in [0.05, 0.1) is 11.4 Å². The number of nitrogens with zero attached hydrogens (tertiary/aromatic N) is 1. The fourth-order valence-electron chi connectivity index (χ4n) is 3.17. The molecule has 2 N–H and O–H groups in total. The van der Waals surface area contributed by atoms with Crippen LogP contribution < -0.4 is 5.32 Å². The summed E-state index contributed by atoms with van der Waals surface area (Å²) in [5, 5.41) is 3.13. The van der Waals surface area contributed by atoms with E-state index in [9.17, 15) is 0 Å². The van der Waals surface area contributed by atoms with Crippen molar-refractivity contribution >= 4 is 5.95 Å². The number of aromatic nitrogens is 2. The molecule has 0 fully saturated rings. The van der Waals surface area contributed by atoms with E-state index in [0.717, 1.165) is 28.5 Å². The molecule has 0 saturated carbocycles. The van der Waals surface area contributed by atoms with Gasteiger partial charge in [-0.05, 0) is 22.0 Å².